The van der Waals surface area contributed by atoms with Crippen molar-refractivity contribution in [3.8, 4) is 17.2 Å². The maximum atomic E-state index is 12.7. The van der Waals surface area contributed by atoms with Crippen LogP contribution in [0.1, 0.15) is 11.3 Å². The SMILES string of the molecule is N#Cc1cccc(NC(=O)Nc2ccc(-c3ccc(CN4CCOCC4)nc3)c3ccccc23)c1. The van der Waals surface area contributed by atoms with E-state index in [9.17, 15) is 4.79 Å². The Labute approximate surface area is 204 Å². The molecule has 1 saturated heterocycles. The quantitative estimate of drug-likeness (QED) is 0.422. The number of nitriles is 1. The van der Waals surface area contributed by atoms with Gasteiger partial charge >= 0.3 is 6.03 Å². The maximum Gasteiger partial charge on any atom is 0.323 e. The fraction of sp³-hybridized carbons (Fsp3) is 0.179. The summed E-state index contributed by atoms with van der Waals surface area (Å²) in [6.45, 7) is 4.23. The normalized spacial score (nSPS) is 13.8. The molecule has 0 unspecified atom stereocenters. The molecule has 1 aromatic heterocycles. The third-order valence-corrected chi connectivity index (χ3v) is 6.05. The lowest BCUT2D eigenvalue weighted by atomic mass is 9.98. The smallest absolute Gasteiger partial charge is 0.323 e. The van der Waals surface area contributed by atoms with Gasteiger partial charge in [-0.25, -0.2) is 4.79 Å². The summed E-state index contributed by atoms with van der Waals surface area (Å²) in [5.74, 6) is 0. The number of amides is 2. The van der Waals surface area contributed by atoms with Gasteiger partial charge in [-0.2, -0.15) is 5.26 Å². The number of pyridine rings is 1. The summed E-state index contributed by atoms with van der Waals surface area (Å²) in [6.07, 6.45) is 1.92. The van der Waals surface area contributed by atoms with Gasteiger partial charge in [-0.1, -0.05) is 42.5 Å². The lowest BCUT2D eigenvalue weighted by Gasteiger charge is -2.26. The molecule has 2 heterocycles. The molecule has 7 nitrogen and oxygen atoms in total. The highest BCUT2D eigenvalue weighted by Gasteiger charge is 2.13. The van der Waals surface area contributed by atoms with E-state index < -0.39 is 0 Å². The van der Waals surface area contributed by atoms with Gasteiger partial charge in [0.15, 0.2) is 0 Å². The summed E-state index contributed by atoms with van der Waals surface area (Å²) in [6, 6.07) is 24.6. The molecule has 5 rings (SSSR count). The molecule has 0 radical (unpaired) electrons. The Morgan fingerprint density at radius 3 is 2.57 bits per heavy atom. The zero-order valence-corrected chi connectivity index (χ0v) is 19.2. The molecule has 2 N–H and O–H groups in total. The molecule has 0 atom stereocenters. The summed E-state index contributed by atoms with van der Waals surface area (Å²) in [7, 11) is 0. The summed E-state index contributed by atoms with van der Waals surface area (Å²) in [4.78, 5) is 19.7. The summed E-state index contributed by atoms with van der Waals surface area (Å²) >= 11 is 0. The molecular weight excluding hydrogens is 438 g/mol. The summed E-state index contributed by atoms with van der Waals surface area (Å²) < 4.78 is 5.42. The molecule has 1 fully saturated rings. The largest absolute Gasteiger partial charge is 0.379 e. The van der Waals surface area contributed by atoms with Crippen molar-refractivity contribution in [3.63, 3.8) is 0 Å². The van der Waals surface area contributed by atoms with Crippen LogP contribution in [-0.4, -0.2) is 42.2 Å². The number of ether oxygens (including phenoxy) is 1. The third kappa shape index (κ3) is 5.30. The average Bonchev–Trinajstić information content (AvgIpc) is 2.90. The number of nitrogens with zero attached hydrogens (tertiary/aromatic N) is 3. The van der Waals surface area contributed by atoms with E-state index in [-0.39, 0.29) is 6.03 Å². The zero-order valence-electron chi connectivity index (χ0n) is 19.2. The number of carbonyl (C=O) groups excluding carboxylic acids is 1. The van der Waals surface area contributed by atoms with Gasteiger partial charge in [-0.15, -0.1) is 0 Å². The van der Waals surface area contributed by atoms with Crippen LogP contribution in [0.4, 0.5) is 16.2 Å². The van der Waals surface area contributed by atoms with Crippen molar-refractivity contribution >= 4 is 28.2 Å². The van der Waals surface area contributed by atoms with Crippen LogP contribution < -0.4 is 10.6 Å². The number of benzene rings is 3. The first kappa shape index (κ1) is 22.5. The molecule has 0 aliphatic carbocycles. The Morgan fingerprint density at radius 1 is 0.971 bits per heavy atom. The molecule has 1 aliphatic heterocycles. The first-order valence-electron chi connectivity index (χ1n) is 11.5. The van der Waals surface area contributed by atoms with Gasteiger partial charge in [-0.3, -0.25) is 9.88 Å². The van der Waals surface area contributed by atoms with E-state index in [0.29, 0.717) is 16.9 Å². The van der Waals surface area contributed by atoms with Crippen molar-refractivity contribution in [2.45, 2.75) is 6.54 Å². The number of anilines is 2. The second-order valence-corrected chi connectivity index (χ2v) is 8.40. The molecule has 0 bridgehead atoms. The molecule has 7 heteroatoms. The van der Waals surface area contributed by atoms with Gasteiger partial charge in [0.2, 0.25) is 0 Å². The number of nitrogens with one attached hydrogen (secondary N) is 2. The van der Waals surface area contributed by atoms with Gasteiger partial charge in [0.1, 0.15) is 0 Å². The van der Waals surface area contributed by atoms with Crippen LogP contribution >= 0.6 is 0 Å². The van der Waals surface area contributed by atoms with Gasteiger partial charge in [0, 0.05) is 42.5 Å². The van der Waals surface area contributed by atoms with E-state index in [2.05, 4.69) is 33.7 Å². The van der Waals surface area contributed by atoms with Gasteiger partial charge < -0.3 is 15.4 Å². The van der Waals surface area contributed by atoms with Crippen molar-refractivity contribution < 1.29 is 9.53 Å². The number of urea groups is 1. The molecule has 174 valence electrons. The summed E-state index contributed by atoms with van der Waals surface area (Å²) in [5.41, 5.74) is 4.87. The van der Waals surface area contributed by atoms with Gasteiger partial charge in [0.25, 0.3) is 0 Å². The minimum atomic E-state index is -0.368. The van der Waals surface area contributed by atoms with E-state index in [1.165, 1.54) is 0 Å². The summed E-state index contributed by atoms with van der Waals surface area (Å²) in [5, 5.41) is 16.8. The Balaban J connectivity index is 1.36. The molecule has 0 saturated carbocycles. The van der Waals surface area contributed by atoms with E-state index >= 15 is 0 Å². The van der Waals surface area contributed by atoms with Crippen LogP contribution in [-0.2, 0) is 11.3 Å². The van der Waals surface area contributed by atoms with E-state index in [1.807, 2.05) is 42.6 Å². The standard InChI is InChI=1S/C28H25N5O2/c29-17-20-4-3-5-22(16-20)31-28(34)32-27-11-10-24(25-6-1-2-7-26(25)27)21-8-9-23(30-18-21)19-33-12-14-35-15-13-33/h1-11,16,18H,12-15,19H2,(H2,31,32,34). The highest BCUT2D eigenvalue weighted by molar-refractivity contribution is 6.09. The number of fused-ring (bicyclic) bond motifs is 1. The Morgan fingerprint density at radius 2 is 1.80 bits per heavy atom. The lowest BCUT2D eigenvalue weighted by Crippen LogP contribution is -2.35. The predicted molar refractivity (Wildman–Crippen MR) is 137 cm³/mol. The predicted octanol–water partition coefficient (Wildman–Crippen LogP) is 5.25. The molecule has 4 aromatic rings. The van der Waals surface area contributed by atoms with Crippen LogP contribution in [0.25, 0.3) is 21.9 Å². The monoisotopic (exact) mass is 463 g/mol. The van der Waals surface area contributed by atoms with Crippen molar-refractivity contribution in [1.82, 2.24) is 9.88 Å². The van der Waals surface area contributed by atoms with Gasteiger partial charge in [0.05, 0.1) is 36.2 Å². The number of rotatable bonds is 5. The number of carbonyl (C=O) groups is 1. The van der Waals surface area contributed by atoms with Crippen molar-refractivity contribution in [2.75, 3.05) is 36.9 Å². The topological polar surface area (TPSA) is 90.3 Å². The molecule has 0 spiro atoms. The second-order valence-electron chi connectivity index (χ2n) is 8.40. The lowest BCUT2D eigenvalue weighted by molar-refractivity contribution is 0.0336. The molecule has 3 aromatic carbocycles. The van der Waals surface area contributed by atoms with Crippen LogP contribution in [0.15, 0.2) is 79.0 Å². The minimum absolute atomic E-state index is 0.368. The zero-order chi connectivity index (χ0) is 24.0. The second kappa shape index (κ2) is 10.3. The number of morpholine rings is 1. The molecule has 2 amide bonds. The average molecular weight is 464 g/mol. The van der Waals surface area contributed by atoms with E-state index in [0.717, 1.165) is 60.4 Å². The van der Waals surface area contributed by atoms with E-state index in [4.69, 9.17) is 15.0 Å². The highest BCUT2D eigenvalue weighted by Crippen LogP contribution is 2.33. The van der Waals surface area contributed by atoms with E-state index in [1.54, 1.807) is 24.3 Å². The molecule has 35 heavy (non-hydrogen) atoms. The van der Waals surface area contributed by atoms with Crippen LogP contribution in [0, 0.1) is 11.3 Å². The highest BCUT2D eigenvalue weighted by atomic mass is 16.5. The maximum absolute atomic E-state index is 12.7. The third-order valence-electron chi connectivity index (χ3n) is 6.05. The Bertz CT molecular complexity index is 1390. The van der Waals surface area contributed by atoms with Crippen molar-refractivity contribution in [3.05, 3.63) is 90.3 Å². The molecule has 1 aliphatic rings. The first-order valence-corrected chi connectivity index (χ1v) is 11.5. The molecular formula is C28H25N5O2. The van der Waals surface area contributed by atoms with Crippen molar-refractivity contribution in [2.24, 2.45) is 0 Å². The fourth-order valence-corrected chi connectivity index (χ4v) is 4.28. The number of hydrogen-bond acceptors (Lipinski definition) is 5. The fourth-order valence-electron chi connectivity index (χ4n) is 4.28. The number of hydrogen-bond donors (Lipinski definition) is 2. The van der Waals surface area contributed by atoms with Crippen molar-refractivity contribution in [1.29, 1.82) is 5.26 Å². The number of aromatic nitrogens is 1. The van der Waals surface area contributed by atoms with Crippen LogP contribution in [0.5, 0.6) is 0 Å². The Kier molecular flexibility index (Phi) is 6.66. The van der Waals surface area contributed by atoms with Crippen LogP contribution in [0.3, 0.4) is 0 Å². The van der Waals surface area contributed by atoms with Gasteiger partial charge in [-0.05, 0) is 41.3 Å². The van der Waals surface area contributed by atoms with Crippen LogP contribution in [0.2, 0.25) is 0 Å². The minimum Gasteiger partial charge on any atom is -0.379 e. The first-order chi connectivity index (χ1) is 17.2. The Hall–Kier alpha value is -4.25.